The van der Waals surface area contributed by atoms with Gasteiger partial charge in [-0.1, -0.05) is 13.8 Å². The third kappa shape index (κ3) is 8.74. The third-order valence-corrected chi connectivity index (χ3v) is 4.17. The molecule has 1 aliphatic heterocycles. The average Bonchev–Trinajstić information content (AvgIpc) is 2.26. The predicted molar refractivity (Wildman–Crippen MR) is 84.1 cm³/mol. The van der Waals surface area contributed by atoms with Crippen molar-refractivity contribution < 1.29 is 9.90 Å². The number of thioether (sulfide) groups is 1. The number of hydrogen-bond acceptors (Lipinski definition) is 4. The minimum Gasteiger partial charge on any atom is -0.393 e. The van der Waals surface area contributed by atoms with Crippen molar-refractivity contribution in [2.75, 3.05) is 24.6 Å². The summed E-state index contributed by atoms with van der Waals surface area (Å²) in [7, 11) is 0. The zero-order valence-electron chi connectivity index (χ0n) is 12.1. The first-order valence-electron chi connectivity index (χ1n) is 6.65. The summed E-state index contributed by atoms with van der Waals surface area (Å²) in [6, 6.07) is 0.309. The van der Waals surface area contributed by atoms with Crippen molar-refractivity contribution in [3.63, 3.8) is 0 Å². The number of amides is 1. The third-order valence-electron chi connectivity index (χ3n) is 3.04. The maximum absolute atomic E-state index is 11.8. The van der Waals surface area contributed by atoms with E-state index in [2.05, 4.69) is 24.5 Å². The van der Waals surface area contributed by atoms with Crippen LogP contribution in [0.25, 0.3) is 0 Å². The molecule has 1 rings (SSSR count). The Hall–Kier alpha value is 0.0300. The number of nitrogens with one attached hydrogen (secondary N) is 2. The lowest BCUT2D eigenvalue weighted by atomic mass is 9.87. The van der Waals surface area contributed by atoms with Crippen LogP contribution in [0.15, 0.2) is 0 Å². The quantitative estimate of drug-likeness (QED) is 0.694. The van der Waals surface area contributed by atoms with Gasteiger partial charge in [0.1, 0.15) is 0 Å². The fraction of sp³-hybridized carbons (Fsp3) is 0.923. The number of halogens is 1. The Kier molecular flexibility index (Phi) is 9.07. The molecular weight excluding hydrogens is 284 g/mol. The zero-order valence-corrected chi connectivity index (χ0v) is 13.7. The topological polar surface area (TPSA) is 61.4 Å². The average molecular weight is 311 g/mol. The molecule has 1 fully saturated rings. The molecule has 1 heterocycles. The van der Waals surface area contributed by atoms with Crippen LogP contribution in [0.4, 0.5) is 0 Å². The van der Waals surface area contributed by atoms with E-state index < -0.39 is 0 Å². The molecule has 0 aromatic carbocycles. The summed E-state index contributed by atoms with van der Waals surface area (Å²) < 4.78 is 0. The van der Waals surface area contributed by atoms with Crippen molar-refractivity contribution in [2.24, 2.45) is 5.41 Å². The lowest BCUT2D eigenvalue weighted by Crippen LogP contribution is -2.43. The van der Waals surface area contributed by atoms with E-state index in [1.165, 1.54) is 0 Å². The molecule has 0 aromatic heterocycles. The summed E-state index contributed by atoms with van der Waals surface area (Å²) >= 11 is 1.90. The second-order valence-electron chi connectivity index (χ2n) is 5.92. The van der Waals surface area contributed by atoms with Crippen molar-refractivity contribution in [3.8, 4) is 0 Å². The van der Waals surface area contributed by atoms with Crippen LogP contribution >= 0.6 is 24.2 Å². The van der Waals surface area contributed by atoms with E-state index in [9.17, 15) is 9.90 Å². The van der Waals surface area contributed by atoms with Crippen molar-refractivity contribution in [1.82, 2.24) is 10.6 Å². The summed E-state index contributed by atoms with van der Waals surface area (Å²) in [6.07, 6.45) is 0.927. The molecule has 0 spiro atoms. The zero-order chi connectivity index (χ0) is 13.6. The van der Waals surface area contributed by atoms with E-state index >= 15 is 0 Å². The highest BCUT2D eigenvalue weighted by Crippen LogP contribution is 2.21. The van der Waals surface area contributed by atoms with Crippen LogP contribution in [0.1, 0.15) is 33.6 Å². The minimum absolute atomic E-state index is 0. The van der Waals surface area contributed by atoms with Crippen LogP contribution in [0, 0.1) is 5.41 Å². The van der Waals surface area contributed by atoms with Gasteiger partial charge in [-0.2, -0.15) is 11.8 Å². The monoisotopic (exact) mass is 310 g/mol. The number of aliphatic hydroxyl groups is 1. The lowest BCUT2D eigenvalue weighted by Gasteiger charge is -2.27. The molecule has 0 aliphatic carbocycles. The molecule has 6 heteroatoms. The first-order valence-corrected chi connectivity index (χ1v) is 7.80. The van der Waals surface area contributed by atoms with E-state index in [4.69, 9.17) is 0 Å². The van der Waals surface area contributed by atoms with Gasteiger partial charge in [-0.15, -0.1) is 12.4 Å². The van der Waals surface area contributed by atoms with Gasteiger partial charge < -0.3 is 15.7 Å². The normalized spacial score (nSPS) is 21.4. The number of aliphatic hydroxyl groups excluding tert-OH is 1. The Balaban J connectivity index is 0.00000324. The predicted octanol–water partition coefficient (Wildman–Crippen LogP) is 1.42. The van der Waals surface area contributed by atoms with E-state index in [0.29, 0.717) is 25.4 Å². The number of hydrogen-bond donors (Lipinski definition) is 3. The molecule has 0 saturated carbocycles. The van der Waals surface area contributed by atoms with Gasteiger partial charge in [-0.25, -0.2) is 0 Å². The maximum Gasteiger partial charge on any atom is 0.221 e. The molecule has 0 bridgehead atoms. The number of carbonyl (C=O) groups is 1. The van der Waals surface area contributed by atoms with Crippen molar-refractivity contribution in [2.45, 2.75) is 45.8 Å². The molecule has 19 heavy (non-hydrogen) atoms. The van der Waals surface area contributed by atoms with Gasteiger partial charge in [-0.05, 0) is 18.8 Å². The molecule has 2 unspecified atom stereocenters. The molecule has 4 nitrogen and oxygen atoms in total. The second-order valence-corrected chi connectivity index (χ2v) is 7.07. The van der Waals surface area contributed by atoms with Crippen LogP contribution in [0.2, 0.25) is 0 Å². The van der Waals surface area contributed by atoms with E-state index in [0.717, 1.165) is 18.1 Å². The highest BCUT2D eigenvalue weighted by atomic mass is 35.5. The van der Waals surface area contributed by atoms with Gasteiger partial charge in [0.25, 0.3) is 0 Å². The highest BCUT2D eigenvalue weighted by molar-refractivity contribution is 7.99. The first kappa shape index (κ1) is 19.0. The van der Waals surface area contributed by atoms with Crippen molar-refractivity contribution in [3.05, 3.63) is 0 Å². The van der Waals surface area contributed by atoms with Crippen LogP contribution < -0.4 is 10.6 Å². The van der Waals surface area contributed by atoms with Gasteiger partial charge in [-0.3, -0.25) is 4.79 Å². The Labute approximate surface area is 126 Å². The fourth-order valence-corrected chi connectivity index (χ4v) is 3.21. The summed E-state index contributed by atoms with van der Waals surface area (Å²) in [6.45, 7) is 7.53. The molecular formula is C13H27ClN2O2S. The lowest BCUT2D eigenvalue weighted by molar-refractivity contribution is -0.122. The largest absolute Gasteiger partial charge is 0.393 e. The minimum atomic E-state index is -0.326. The van der Waals surface area contributed by atoms with E-state index in [-0.39, 0.29) is 29.8 Å². The van der Waals surface area contributed by atoms with E-state index in [1.807, 2.05) is 11.8 Å². The van der Waals surface area contributed by atoms with Crippen molar-refractivity contribution >= 4 is 30.1 Å². The molecule has 0 aromatic rings. The summed E-state index contributed by atoms with van der Waals surface area (Å²) in [5, 5.41) is 15.7. The SMILES string of the molecule is CC(O)CC(C)(C)CNC(=O)CC1CSCCN1.Cl. The first-order chi connectivity index (χ1) is 8.39. The smallest absolute Gasteiger partial charge is 0.221 e. The molecule has 114 valence electrons. The molecule has 0 radical (unpaired) electrons. The Morgan fingerprint density at radius 2 is 2.26 bits per heavy atom. The van der Waals surface area contributed by atoms with Crippen molar-refractivity contribution in [1.29, 1.82) is 0 Å². The molecule has 3 N–H and O–H groups in total. The Morgan fingerprint density at radius 3 is 2.79 bits per heavy atom. The van der Waals surface area contributed by atoms with Crippen LogP contribution in [-0.4, -0.2) is 47.8 Å². The van der Waals surface area contributed by atoms with Gasteiger partial charge in [0.2, 0.25) is 5.91 Å². The summed E-state index contributed by atoms with van der Waals surface area (Å²) in [4.78, 5) is 11.8. The highest BCUT2D eigenvalue weighted by Gasteiger charge is 2.22. The summed E-state index contributed by atoms with van der Waals surface area (Å²) in [5.74, 6) is 2.26. The number of carbonyl (C=O) groups excluding carboxylic acids is 1. The Morgan fingerprint density at radius 1 is 1.58 bits per heavy atom. The fourth-order valence-electron chi connectivity index (χ4n) is 2.26. The Bertz CT molecular complexity index is 269. The second kappa shape index (κ2) is 9.06. The van der Waals surface area contributed by atoms with Crippen LogP contribution in [-0.2, 0) is 4.79 Å². The van der Waals surface area contributed by atoms with Gasteiger partial charge >= 0.3 is 0 Å². The van der Waals surface area contributed by atoms with E-state index in [1.54, 1.807) is 6.92 Å². The molecule has 1 saturated heterocycles. The molecule has 1 aliphatic rings. The molecule has 1 amide bonds. The van der Waals surface area contributed by atoms with Gasteiger partial charge in [0.15, 0.2) is 0 Å². The van der Waals surface area contributed by atoms with Gasteiger partial charge in [0, 0.05) is 37.1 Å². The maximum atomic E-state index is 11.8. The number of rotatable bonds is 6. The summed E-state index contributed by atoms with van der Waals surface area (Å²) in [5.41, 5.74) is -0.0570. The van der Waals surface area contributed by atoms with Crippen LogP contribution in [0.5, 0.6) is 0 Å². The molecule has 2 atom stereocenters. The van der Waals surface area contributed by atoms with Gasteiger partial charge in [0.05, 0.1) is 6.10 Å². The van der Waals surface area contributed by atoms with Crippen LogP contribution in [0.3, 0.4) is 0 Å². The standard InChI is InChI=1S/C13H26N2O2S.ClH/c1-10(16)7-13(2,3)9-15-12(17)6-11-8-18-5-4-14-11;/h10-11,14,16H,4-9H2,1-3H3,(H,15,17);1H.